The molecule has 1 aromatic heterocycles. The molecule has 4 nitrogen and oxygen atoms in total. The summed E-state index contributed by atoms with van der Waals surface area (Å²) in [4.78, 5) is 5.70. The fourth-order valence-corrected chi connectivity index (χ4v) is 2.79. The molecular weight excluding hydrogens is 337 g/mol. The van der Waals surface area contributed by atoms with Crippen molar-refractivity contribution in [3.05, 3.63) is 72.6 Å². The van der Waals surface area contributed by atoms with Gasteiger partial charge in [0.1, 0.15) is 18.2 Å². The molecule has 0 saturated heterocycles. The molecule has 0 atom stereocenters. The van der Waals surface area contributed by atoms with Gasteiger partial charge in [-0.1, -0.05) is 18.2 Å². The molecule has 0 bridgehead atoms. The number of pyridine rings is 1. The molecule has 3 rings (SSSR count). The average Bonchev–Trinajstić information content (AvgIpc) is 2.68. The fraction of sp³-hybridized carbons (Fsp3) is 0.105. The number of nitrogens with zero attached hydrogens (tertiary/aromatic N) is 1. The Morgan fingerprint density at radius 2 is 2.00 bits per heavy atom. The zero-order valence-corrected chi connectivity index (χ0v) is 14.3. The number of rotatable bonds is 7. The van der Waals surface area contributed by atoms with Gasteiger partial charge in [-0.2, -0.15) is 0 Å². The van der Waals surface area contributed by atoms with E-state index in [0.717, 1.165) is 21.6 Å². The van der Waals surface area contributed by atoms with Gasteiger partial charge in [0.05, 0.1) is 11.8 Å². The Hall–Kier alpha value is -2.57. The van der Waals surface area contributed by atoms with Crippen molar-refractivity contribution in [3.8, 4) is 5.75 Å². The van der Waals surface area contributed by atoms with E-state index in [-0.39, 0.29) is 13.2 Å². The molecule has 0 spiro atoms. The van der Waals surface area contributed by atoms with Gasteiger partial charge in [-0.25, -0.2) is 9.37 Å². The van der Waals surface area contributed by atoms with Crippen molar-refractivity contribution in [2.24, 2.45) is 5.73 Å². The largest absolute Gasteiger partial charge is 0.489 e. The second-order valence-corrected chi connectivity index (χ2v) is 6.21. The molecule has 0 aliphatic carbocycles. The highest BCUT2D eigenvalue weighted by Crippen LogP contribution is 2.24. The predicted octanol–water partition coefficient (Wildman–Crippen LogP) is 4.54. The van der Waals surface area contributed by atoms with Gasteiger partial charge >= 0.3 is 0 Å². The van der Waals surface area contributed by atoms with Gasteiger partial charge in [0, 0.05) is 22.4 Å². The molecule has 0 radical (unpaired) electrons. The van der Waals surface area contributed by atoms with Gasteiger partial charge in [-0.05, 0) is 54.4 Å². The number of nitrogens with two attached hydrogens (primary N) is 1. The van der Waals surface area contributed by atoms with Crippen LogP contribution < -0.4 is 15.2 Å². The number of ether oxygens (including phenoxy) is 1. The number of nitrogens with one attached hydrogen (secondary N) is 1. The van der Waals surface area contributed by atoms with E-state index in [1.807, 2.05) is 60.7 Å². The molecular formula is C19H18FN3OS. The minimum absolute atomic E-state index is 0.138. The number of hydrogen-bond donors (Lipinski definition) is 2. The maximum Gasteiger partial charge on any atom is 0.136 e. The normalized spacial score (nSPS) is 11.5. The molecule has 0 fully saturated rings. The summed E-state index contributed by atoms with van der Waals surface area (Å²) in [6.45, 7) is 0.277. The van der Waals surface area contributed by atoms with E-state index >= 15 is 0 Å². The predicted molar refractivity (Wildman–Crippen MR) is 101 cm³/mol. The molecule has 0 aliphatic heterocycles. The van der Waals surface area contributed by atoms with E-state index in [2.05, 4.69) is 9.71 Å². The number of fused-ring (bicyclic) bond motifs is 1. The molecule has 3 aromatic rings. The van der Waals surface area contributed by atoms with Crippen LogP contribution in [0.4, 0.5) is 10.2 Å². The molecule has 0 saturated carbocycles. The van der Waals surface area contributed by atoms with Crippen molar-refractivity contribution >= 4 is 28.7 Å². The Morgan fingerprint density at radius 3 is 2.76 bits per heavy atom. The second-order valence-electron chi connectivity index (χ2n) is 5.33. The lowest BCUT2D eigenvalue weighted by Gasteiger charge is -2.09. The molecule has 0 aliphatic rings. The Balaban J connectivity index is 1.68. The minimum Gasteiger partial charge on any atom is -0.489 e. The minimum atomic E-state index is 0.138. The van der Waals surface area contributed by atoms with Crippen molar-refractivity contribution in [1.82, 2.24) is 4.98 Å². The molecule has 3 N–H and O–H groups in total. The van der Waals surface area contributed by atoms with Gasteiger partial charge < -0.3 is 15.2 Å². The van der Waals surface area contributed by atoms with Gasteiger partial charge in [0.25, 0.3) is 0 Å². The third-order valence-corrected chi connectivity index (χ3v) is 4.34. The molecule has 1 heterocycles. The molecule has 128 valence electrons. The summed E-state index contributed by atoms with van der Waals surface area (Å²) in [6, 6.07) is 19.5. The molecule has 2 aromatic carbocycles. The molecule has 25 heavy (non-hydrogen) atoms. The summed E-state index contributed by atoms with van der Waals surface area (Å²) in [6.07, 6.45) is 0.491. The third kappa shape index (κ3) is 4.71. The maximum atomic E-state index is 12.5. The van der Waals surface area contributed by atoms with Crippen LogP contribution in [-0.2, 0) is 0 Å². The van der Waals surface area contributed by atoms with Crippen molar-refractivity contribution in [1.29, 1.82) is 0 Å². The van der Waals surface area contributed by atoms with E-state index in [1.165, 1.54) is 11.9 Å². The summed E-state index contributed by atoms with van der Waals surface area (Å²) >= 11 is 1.51. The molecule has 0 amide bonds. The SMILES string of the molecule is NC/C(=C\F)COc1ccc2nc(NSc3ccccc3)ccc2c1. The number of halogens is 1. The summed E-state index contributed by atoms with van der Waals surface area (Å²) in [5, 5.41) is 0.950. The van der Waals surface area contributed by atoms with Gasteiger partial charge in [-0.3, -0.25) is 0 Å². The molecule has 0 unspecified atom stereocenters. The smallest absolute Gasteiger partial charge is 0.136 e. The van der Waals surface area contributed by atoms with E-state index in [4.69, 9.17) is 10.5 Å². The summed E-state index contributed by atoms with van der Waals surface area (Å²) < 4.78 is 21.3. The standard InChI is InChI=1S/C19H18FN3OS/c20-11-14(12-21)13-24-16-7-8-18-15(10-16)6-9-19(22-18)23-25-17-4-2-1-3-5-17/h1-11H,12-13,21H2,(H,22,23)/b14-11+. The van der Waals surface area contributed by atoms with Crippen LogP contribution in [0.5, 0.6) is 5.75 Å². The van der Waals surface area contributed by atoms with E-state index in [0.29, 0.717) is 17.7 Å². The van der Waals surface area contributed by atoms with Crippen LogP contribution in [0.2, 0.25) is 0 Å². The van der Waals surface area contributed by atoms with Crippen molar-refractivity contribution in [2.45, 2.75) is 4.90 Å². The Bertz CT molecular complexity index is 871. The first-order valence-corrected chi connectivity index (χ1v) is 8.60. The first kappa shape index (κ1) is 17.3. The Kier molecular flexibility index (Phi) is 5.87. The van der Waals surface area contributed by atoms with Crippen LogP contribution in [-0.4, -0.2) is 18.1 Å². The van der Waals surface area contributed by atoms with Crippen LogP contribution in [0, 0.1) is 0 Å². The maximum absolute atomic E-state index is 12.5. The topological polar surface area (TPSA) is 60.2 Å². The zero-order valence-electron chi connectivity index (χ0n) is 13.5. The number of aromatic nitrogens is 1. The van der Waals surface area contributed by atoms with Crippen LogP contribution >= 0.6 is 11.9 Å². The lowest BCUT2D eigenvalue weighted by Crippen LogP contribution is -2.10. The van der Waals surface area contributed by atoms with Gasteiger partial charge in [-0.15, -0.1) is 0 Å². The van der Waals surface area contributed by atoms with E-state index < -0.39 is 0 Å². The highest BCUT2D eigenvalue weighted by molar-refractivity contribution is 8.00. The second kappa shape index (κ2) is 8.50. The third-order valence-electron chi connectivity index (χ3n) is 3.52. The number of hydrogen-bond acceptors (Lipinski definition) is 5. The lowest BCUT2D eigenvalue weighted by atomic mass is 10.2. The fourth-order valence-electron chi connectivity index (χ4n) is 2.16. The Morgan fingerprint density at radius 1 is 1.16 bits per heavy atom. The van der Waals surface area contributed by atoms with Crippen LogP contribution in [0.3, 0.4) is 0 Å². The van der Waals surface area contributed by atoms with E-state index in [1.54, 1.807) is 0 Å². The van der Waals surface area contributed by atoms with Crippen molar-refractivity contribution < 1.29 is 9.13 Å². The molecule has 6 heteroatoms. The monoisotopic (exact) mass is 355 g/mol. The van der Waals surface area contributed by atoms with Crippen LogP contribution in [0.1, 0.15) is 0 Å². The quantitative estimate of drug-likeness (QED) is 0.609. The summed E-state index contributed by atoms with van der Waals surface area (Å²) in [7, 11) is 0. The first-order chi connectivity index (χ1) is 12.3. The van der Waals surface area contributed by atoms with Crippen molar-refractivity contribution in [2.75, 3.05) is 17.9 Å². The highest BCUT2D eigenvalue weighted by atomic mass is 32.2. The Labute approximate surface area is 150 Å². The summed E-state index contributed by atoms with van der Waals surface area (Å²) in [5.41, 5.74) is 6.68. The van der Waals surface area contributed by atoms with Crippen LogP contribution in [0.15, 0.2) is 77.5 Å². The highest BCUT2D eigenvalue weighted by Gasteiger charge is 2.03. The first-order valence-electron chi connectivity index (χ1n) is 7.78. The average molecular weight is 355 g/mol. The van der Waals surface area contributed by atoms with Gasteiger partial charge in [0.2, 0.25) is 0 Å². The number of benzene rings is 2. The van der Waals surface area contributed by atoms with Crippen molar-refractivity contribution in [3.63, 3.8) is 0 Å². The summed E-state index contributed by atoms with van der Waals surface area (Å²) in [5.74, 6) is 1.43. The lowest BCUT2D eigenvalue weighted by molar-refractivity contribution is 0.348. The van der Waals surface area contributed by atoms with E-state index in [9.17, 15) is 4.39 Å². The van der Waals surface area contributed by atoms with Gasteiger partial charge in [0.15, 0.2) is 0 Å². The number of anilines is 1. The zero-order chi connectivity index (χ0) is 17.5. The van der Waals surface area contributed by atoms with Crippen LogP contribution in [0.25, 0.3) is 10.9 Å².